The molecular formula is C12H17Br2NO2. The third-order valence-corrected chi connectivity index (χ3v) is 4.07. The van der Waals surface area contributed by atoms with Gasteiger partial charge < -0.3 is 15.9 Å². The van der Waals surface area contributed by atoms with Crippen molar-refractivity contribution in [3.8, 4) is 5.75 Å². The highest BCUT2D eigenvalue weighted by molar-refractivity contribution is 9.11. The van der Waals surface area contributed by atoms with Gasteiger partial charge in [-0.2, -0.15) is 0 Å². The number of rotatable bonds is 4. The van der Waals surface area contributed by atoms with Crippen LogP contribution in [0.3, 0.4) is 0 Å². The number of hydrogen-bond donors (Lipinski definition) is 3. The Hall–Kier alpha value is -0.100. The highest BCUT2D eigenvalue weighted by atomic mass is 79.9. The van der Waals surface area contributed by atoms with E-state index in [1.807, 2.05) is 13.8 Å². The second-order valence-corrected chi connectivity index (χ2v) is 6.00. The molecule has 0 saturated carbocycles. The lowest BCUT2D eigenvalue weighted by Crippen LogP contribution is -2.31. The van der Waals surface area contributed by atoms with Crippen LogP contribution in [0.15, 0.2) is 21.1 Å². The van der Waals surface area contributed by atoms with Gasteiger partial charge in [0.15, 0.2) is 0 Å². The van der Waals surface area contributed by atoms with Gasteiger partial charge in [0.25, 0.3) is 0 Å². The van der Waals surface area contributed by atoms with Crippen molar-refractivity contribution in [2.75, 3.05) is 0 Å². The van der Waals surface area contributed by atoms with Crippen molar-refractivity contribution in [3.05, 3.63) is 26.6 Å². The zero-order valence-corrected chi connectivity index (χ0v) is 13.0. The zero-order chi connectivity index (χ0) is 13.2. The Morgan fingerprint density at radius 3 is 2.47 bits per heavy atom. The van der Waals surface area contributed by atoms with E-state index in [1.54, 1.807) is 12.1 Å². The van der Waals surface area contributed by atoms with Crippen LogP contribution in [0.5, 0.6) is 5.75 Å². The van der Waals surface area contributed by atoms with Crippen LogP contribution in [-0.2, 0) is 0 Å². The van der Waals surface area contributed by atoms with E-state index in [0.717, 1.165) is 10.9 Å². The first kappa shape index (κ1) is 15.0. The van der Waals surface area contributed by atoms with Crippen molar-refractivity contribution in [1.82, 2.24) is 0 Å². The predicted octanol–water partition coefficient (Wildman–Crippen LogP) is 3.32. The lowest BCUT2D eigenvalue weighted by Gasteiger charge is -2.25. The van der Waals surface area contributed by atoms with Gasteiger partial charge in [-0.15, -0.1) is 0 Å². The van der Waals surface area contributed by atoms with Gasteiger partial charge in [-0.05, 0) is 34.0 Å². The molecule has 0 aromatic heterocycles. The zero-order valence-electron chi connectivity index (χ0n) is 9.82. The number of benzene rings is 1. The molecular weight excluding hydrogens is 350 g/mol. The second kappa shape index (κ2) is 6.18. The minimum absolute atomic E-state index is 0.0853. The SMILES string of the molecule is CCC(C)[C@@H](O)[C@@H](N)c1cc(Br)cc(Br)c1O. The third kappa shape index (κ3) is 3.44. The van der Waals surface area contributed by atoms with Crippen molar-refractivity contribution in [3.63, 3.8) is 0 Å². The van der Waals surface area contributed by atoms with E-state index in [2.05, 4.69) is 31.9 Å². The van der Waals surface area contributed by atoms with E-state index >= 15 is 0 Å². The molecule has 1 rings (SSSR count). The van der Waals surface area contributed by atoms with Crippen LogP contribution < -0.4 is 5.73 Å². The maximum Gasteiger partial charge on any atom is 0.134 e. The Morgan fingerprint density at radius 2 is 1.94 bits per heavy atom. The molecule has 3 atom stereocenters. The Balaban J connectivity index is 3.07. The number of aliphatic hydroxyl groups excluding tert-OH is 1. The summed E-state index contributed by atoms with van der Waals surface area (Å²) in [5.74, 6) is 0.171. The van der Waals surface area contributed by atoms with Gasteiger partial charge in [-0.3, -0.25) is 0 Å². The highest BCUT2D eigenvalue weighted by Crippen LogP contribution is 2.36. The molecule has 0 fully saturated rings. The summed E-state index contributed by atoms with van der Waals surface area (Å²) in [5, 5.41) is 20.0. The second-order valence-electron chi connectivity index (χ2n) is 4.23. The van der Waals surface area contributed by atoms with Crippen molar-refractivity contribution in [2.45, 2.75) is 32.4 Å². The van der Waals surface area contributed by atoms with Crippen molar-refractivity contribution < 1.29 is 10.2 Å². The van der Waals surface area contributed by atoms with Crippen molar-refractivity contribution >= 4 is 31.9 Å². The molecule has 0 aliphatic heterocycles. The van der Waals surface area contributed by atoms with Crippen LogP contribution in [-0.4, -0.2) is 16.3 Å². The van der Waals surface area contributed by atoms with Crippen LogP contribution >= 0.6 is 31.9 Å². The molecule has 0 saturated heterocycles. The molecule has 17 heavy (non-hydrogen) atoms. The number of aromatic hydroxyl groups is 1. The number of aliphatic hydroxyl groups is 1. The summed E-state index contributed by atoms with van der Waals surface area (Å²) in [6, 6.07) is 2.87. The lowest BCUT2D eigenvalue weighted by molar-refractivity contribution is 0.0870. The molecule has 4 N–H and O–H groups in total. The summed E-state index contributed by atoms with van der Waals surface area (Å²) in [5.41, 5.74) is 6.54. The smallest absolute Gasteiger partial charge is 0.134 e. The molecule has 3 nitrogen and oxygen atoms in total. The molecule has 0 bridgehead atoms. The minimum atomic E-state index is -0.674. The van der Waals surface area contributed by atoms with E-state index in [4.69, 9.17) is 5.73 Å². The summed E-state index contributed by atoms with van der Waals surface area (Å²) in [6.45, 7) is 3.94. The maximum atomic E-state index is 10.1. The summed E-state index contributed by atoms with van der Waals surface area (Å²) in [4.78, 5) is 0. The number of phenols is 1. The molecule has 0 radical (unpaired) electrons. The van der Waals surface area contributed by atoms with Gasteiger partial charge in [-0.1, -0.05) is 36.2 Å². The fraction of sp³-hybridized carbons (Fsp3) is 0.500. The Bertz CT molecular complexity index is 398. The molecule has 5 heteroatoms. The van der Waals surface area contributed by atoms with Crippen LogP contribution in [0.1, 0.15) is 31.9 Å². The van der Waals surface area contributed by atoms with Gasteiger partial charge in [-0.25, -0.2) is 0 Å². The van der Waals surface area contributed by atoms with E-state index in [0.29, 0.717) is 10.0 Å². The third-order valence-electron chi connectivity index (χ3n) is 3.01. The van der Waals surface area contributed by atoms with E-state index in [-0.39, 0.29) is 11.7 Å². The van der Waals surface area contributed by atoms with Gasteiger partial charge in [0, 0.05) is 10.0 Å². The van der Waals surface area contributed by atoms with Crippen LogP contribution in [0.25, 0.3) is 0 Å². The monoisotopic (exact) mass is 365 g/mol. The molecule has 0 heterocycles. The molecule has 0 spiro atoms. The summed E-state index contributed by atoms with van der Waals surface area (Å²) in [6.07, 6.45) is 0.164. The van der Waals surface area contributed by atoms with Crippen LogP contribution in [0.4, 0.5) is 0 Å². The number of halogens is 2. The van der Waals surface area contributed by atoms with Gasteiger partial charge in [0.05, 0.1) is 16.6 Å². The number of hydrogen-bond acceptors (Lipinski definition) is 3. The molecule has 1 aromatic carbocycles. The predicted molar refractivity (Wildman–Crippen MR) is 75.9 cm³/mol. The first-order valence-corrected chi connectivity index (χ1v) is 7.08. The summed E-state index contributed by atoms with van der Waals surface area (Å²) >= 11 is 6.59. The first-order chi connectivity index (χ1) is 7.88. The topological polar surface area (TPSA) is 66.5 Å². The molecule has 1 aromatic rings. The Labute approximate surface area is 118 Å². The first-order valence-electron chi connectivity index (χ1n) is 5.50. The molecule has 96 valence electrons. The van der Waals surface area contributed by atoms with Gasteiger partial charge in [0.2, 0.25) is 0 Å². The molecule has 0 aliphatic carbocycles. The number of nitrogens with two attached hydrogens (primary N) is 1. The largest absolute Gasteiger partial charge is 0.506 e. The fourth-order valence-electron chi connectivity index (χ4n) is 1.62. The molecule has 1 unspecified atom stereocenters. The Kier molecular flexibility index (Phi) is 5.44. The average Bonchev–Trinajstić information content (AvgIpc) is 2.30. The molecule has 0 aliphatic rings. The highest BCUT2D eigenvalue weighted by Gasteiger charge is 2.25. The van der Waals surface area contributed by atoms with E-state index < -0.39 is 12.1 Å². The van der Waals surface area contributed by atoms with Gasteiger partial charge in [0.1, 0.15) is 5.75 Å². The Morgan fingerprint density at radius 1 is 1.35 bits per heavy atom. The maximum absolute atomic E-state index is 10.1. The standard InChI is InChI=1S/C12H17Br2NO2/c1-3-6(2)11(16)10(15)8-4-7(13)5-9(14)12(8)17/h4-6,10-11,16-17H,3,15H2,1-2H3/t6?,10-,11+/m0/s1. The fourth-order valence-corrected chi connectivity index (χ4v) is 2.88. The van der Waals surface area contributed by atoms with Gasteiger partial charge >= 0.3 is 0 Å². The average molecular weight is 367 g/mol. The van der Waals surface area contributed by atoms with E-state index in [9.17, 15) is 10.2 Å². The van der Waals surface area contributed by atoms with E-state index in [1.165, 1.54) is 0 Å². The van der Waals surface area contributed by atoms with Crippen molar-refractivity contribution in [2.24, 2.45) is 11.7 Å². The lowest BCUT2D eigenvalue weighted by atomic mass is 9.91. The van der Waals surface area contributed by atoms with Crippen LogP contribution in [0.2, 0.25) is 0 Å². The molecule has 0 amide bonds. The van der Waals surface area contributed by atoms with Crippen LogP contribution in [0, 0.1) is 5.92 Å². The summed E-state index contributed by atoms with van der Waals surface area (Å²) < 4.78 is 1.37. The minimum Gasteiger partial charge on any atom is -0.506 e. The summed E-state index contributed by atoms with van der Waals surface area (Å²) in [7, 11) is 0. The van der Waals surface area contributed by atoms with Crippen molar-refractivity contribution in [1.29, 1.82) is 0 Å². The quantitative estimate of drug-likeness (QED) is 0.765. The number of phenolic OH excluding ortho intramolecular Hbond substituents is 1. The normalized spacial score (nSPS) is 16.6.